The molecule has 0 atom stereocenters. The lowest BCUT2D eigenvalue weighted by Crippen LogP contribution is -2.50. The van der Waals surface area contributed by atoms with Gasteiger partial charge in [-0.2, -0.15) is 13.2 Å². The molecular formula is C26H27F3N2O. The third-order valence-electron chi connectivity index (χ3n) is 6.22. The summed E-state index contributed by atoms with van der Waals surface area (Å²) in [6, 6.07) is 16.9. The number of rotatable bonds is 6. The smallest absolute Gasteiger partial charge is 0.352 e. The average molecular weight is 441 g/mol. The van der Waals surface area contributed by atoms with E-state index in [1.54, 1.807) is 6.07 Å². The Morgan fingerprint density at radius 2 is 1.78 bits per heavy atom. The first-order valence-electron chi connectivity index (χ1n) is 10.9. The summed E-state index contributed by atoms with van der Waals surface area (Å²) in [6.45, 7) is 7.23. The molecule has 0 unspecified atom stereocenters. The molecule has 1 heterocycles. The van der Waals surface area contributed by atoms with Crippen molar-refractivity contribution in [3.63, 3.8) is 0 Å². The van der Waals surface area contributed by atoms with Gasteiger partial charge < -0.3 is 10.2 Å². The lowest BCUT2D eigenvalue weighted by Gasteiger charge is -2.42. The molecule has 0 spiro atoms. The van der Waals surface area contributed by atoms with Crippen LogP contribution in [-0.4, -0.2) is 36.5 Å². The van der Waals surface area contributed by atoms with E-state index in [0.29, 0.717) is 29.6 Å². The second-order valence-corrected chi connectivity index (χ2v) is 8.77. The summed E-state index contributed by atoms with van der Waals surface area (Å²) in [4.78, 5) is 15.0. The quantitative estimate of drug-likeness (QED) is 0.511. The Bertz CT molecular complexity index is 1100. The zero-order chi connectivity index (χ0) is 22.9. The predicted molar refractivity (Wildman–Crippen MR) is 122 cm³/mol. The third-order valence-corrected chi connectivity index (χ3v) is 6.22. The molecule has 3 nitrogen and oxygen atoms in total. The Kier molecular flexibility index (Phi) is 6.24. The summed E-state index contributed by atoms with van der Waals surface area (Å²) >= 11 is 0. The number of nitrogens with one attached hydrogen (secondary N) is 1. The number of carbonyl (C=O) groups is 1. The molecule has 4 rings (SSSR count). The van der Waals surface area contributed by atoms with E-state index in [-0.39, 0.29) is 5.91 Å². The molecule has 1 fully saturated rings. The van der Waals surface area contributed by atoms with Crippen LogP contribution in [0.15, 0.2) is 60.7 Å². The molecule has 1 N–H and O–H groups in total. The van der Waals surface area contributed by atoms with E-state index < -0.39 is 11.7 Å². The van der Waals surface area contributed by atoms with E-state index in [0.717, 1.165) is 48.0 Å². The second kappa shape index (κ2) is 8.94. The molecule has 1 amide bonds. The maximum Gasteiger partial charge on any atom is 0.416 e. The predicted octanol–water partition coefficient (Wildman–Crippen LogP) is 5.99. The molecule has 0 saturated carbocycles. The van der Waals surface area contributed by atoms with Crippen molar-refractivity contribution in [2.24, 2.45) is 5.92 Å². The fraction of sp³-hybridized carbons (Fsp3) is 0.346. The van der Waals surface area contributed by atoms with Crippen molar-refractivity contribution in [3.8, 4) is 11.1 Å². The van der Waals surface area contributed by atoms with Crippen LogP contribution in [0, 0.1) is 5.92 Å². The van der Waals surface area contributed by atoms with Crippen molar-refractivity contribution >= 4 is 16.7 Å². The van der Waals surface area contributed by atoms with Crippen LogP contribution in [0.25, 0.3) is 21.9 Å². The third kappa shape index (κ3) is 4.80. The molecule has 0 aromatic heterocycles. The summed E-state index contributed by atoms with van der Waals surface area (Å²) in [5.41, 5.74) is 1.46. The molecule has 0 radical (unpaired) electrons. The number of likely N-dealkylation sites (tertiary alicyclic amines) is 1. The zero-order valence-corrected chi connectivity index (χ0v) is 18.2. The minimum atomic E-state index is -4.36. The fourth-order valence-corrected chi connectivity index (χ4v) is 4.22. The van der Waals surface area contributed by atoms with Crippen molar-refractivity contribution in [2.45, 2.75) is 32.5 Å². The van der Waals surface area contributed by atoms with Gasteiger partial charge in [-0.1, -0.05) is 36.4 Å². The Morgan fingerprint density at radius 1 is 1.06 bits per heavy atom. The van der Waals surface area contributed by atoms with Crippen LogP contribution in [0.2, 0.25) is 0 Å². The van der Waals surface area contributed by atoms with E-state index in [2.05, 4.69) is 24.1 Å². The second-order valence-electron chi connectivity index (χ2n) is 8.77. The molecule has 0 bridgehead atoms. The molecule has 3 aromatic rings. The van der Waals surface area contributed by atoms with Crippen LogP contribution in [0.4, 0.5) is 13.2 Å². The van der Waals surface area contributed by atoms with Crippen molar-refractivity contribution in [2.75, 3.05) is 19.6 Å². The standard InChI is InChI=1S/C26H27F3N2O/c1-17(2)31-15-18(16-31)12-13-30-25(32)21-8-11-24-20(14-21)4-3-5-23(24)19-6-9-22(10-7-19)26(27,28)29/h3-11,14,17-18H,12-13,15-16H2,1-2H3,(H,30,32). The van der Waals surface area contributed by atoms with Crippen LogP contribution in [0.3, 0.4) is 0 Å². The van der Waals surface area contributed by atoms with Crippen LogP contribution in [0.1, 0.15) is 36.2 Å². The van der Waals surface area contributed by atoms with E-state index in [1.165, 1.54) is 12.1 Å². The lowest BCUT2D eigenvalue weighted by atomic mass is 9.94. The van der Waals surface area contributed by atoms with Gasteiger partial charge in [-0.25, -0.2) is 0 Å². The van der Waals surface area contributed by atoms with Gasteiger partial charge in [0.2, 0.25) is 0 Å². The average Bonchev–Trinajstić information content (AvgIpc) is 2.73. The highest BCUT2D eigenvalue weighted by molar-refractivity contribution is 6.02. The van der Waals surface area contributed by atoms with Crippen LogP contribution in [-0.2, 0) is 6.18 Å². The van der Waals surface area contributed by atoms with Crippen molar-refractivity contribution in [1.29, 1.82) is 0 Å². The minimum absolute atomic E-state index is 0.105. The molecule has 6 heteroatoms. The first kappa shape index (κ1) is 22.3. The molecule has 168 valence electrons. The van der Waals surface area contributed by atoms with Gasteiger partial charge in [-0.3, -0.25) is 4.79 Å². The summed E-state index contributed by atoms with van der Waals surface area (Å²) in [5, 5.41) is 4.78. The van der Waals surface area contributed by atoms with Gasteiger partial charge in [0.15, 0.2) is 0 Å². The van der Waals surface area contributed by atoms with Gasteiger partial charge in [-0.15, -0.1) is 0 Å². The van der Waals surface area contributed by atoms with Crippen molar-refractivity contribution in [1.82, 2.24) is 10.2 Å². The molecule has 1 aliphatic rings. The molecule has 1 aliphatic heterocycles. The van der Waals surface area contributed by atoms with Gasteiger partial charge in [0, 0.05) is 31.2 Å². The van der Waals surface area contributed by atoms with Gasteiger partial charge >= 0.3 is 6.18 Å². The summed E-state index contributed by atoms with van der Waals surface area (Å²) in [7, 11) is 0. The largest absolute Gasteiger partial charge is 0.416 e. The van der Waals surface area contributed by atoms with Crippen LogP contribution < -0.4 is 5.32 Å². The number of hydrogen-bond donors (Lipinski definition) is 1. The number of alkyl halides is 3. The number of amides is 1. The topological polar surface area (TPSA) is 32.3 Å². The Labute approximate surface area is 186 Å². The molecule has 0 aliphatic carbocycles. The van der Waals surface area contributed by atoms with E-state index >= 15 is 0 Å². The van der Waals surface area contributed by atoms with Crippen LogP contribution >= 0.6 is 0 Å². The molecule has 3 aromatic carbocycles. The van der Waals surface area contributed by atoms with Gasteiger partial charge in [0.1, 0.15) is 0 Å². The SMILES string of the molecule is CC(C)N1CC(CCNC(=O)c2ccc3c(-c4ccc(C(F)(F)F)cc4)cccc3c2)C1. The van der Waals surface area contributed by atoms with Crippen molar-refractivity contribution in [3.05, 3.63) is 71.8 Å². The number of nitrogens with zero attached hydrogens (tertiary/aromatic N) is 1. The Morgan fingerprint density at radius 3 is 2.44 bits per heavy atom. The Balaban J connectivity index is 1.44. The number of halogens is 3. The molecular weight excluding hydrogens is 413 g/mol. The Hall–Kier alpha value is -2.86. The number of hydrogen-bond acceptors (Lipinski definition) is 2. The molecule has 32 heavy (non-hydrogen) atoms. The summed E-state index contributed by atoms with van der Waals surface area (Å²) < 4.78 is 38.6. The van der Waals surface area contributed by atoms with Gasteiger partial charge in [0.25, 0.3) is 5.91 Å². The maximum absolute atomic E-state index is 12.9. The number of benzene rings is 3. The van der Waals surface area contributed by atoms with Gasteiger partial charge in [0.05, 0.1) is 5.56 Å². The summed E-state index contributed by atoms with van der Waals surface area (Å²) in [5.74, 6) is 0.535. The highest BCUT2D eigenvalue weighted by Gasteiger charge is 2.30. The van der Waals surface area contributed by atoms with Crippen molar-refractivity contribution < 1.29 is 18.0 Å². The van der Waals surface area contributed by atoms with Gasteiger partial charge in [-0.05, 0) is 72.4 Å². The molecule has 1 saturated heterocycles. The number of fused-ring (bicyclic) bond motifs is 1. The zero-order valence-electron chi connectivity index (χ0n) is 18.2. The number of carbonyl (C=O) groups excluding carboxylic acids is 1. The van der Waals surface area contributed by atoms with E-state index in [9.17, 15) is 18.0 Å². The van der Waals surface area contributed by atoms with E-state index in [4.69, 9.17) is 0 Å². The minimum Gasteiger partial charge on any atom is -0.352 e. The first-order chi connectivity index (χ1) is 15.2. The monoisotopic (exact) mass is 440 g/mol. The highest BCUT2D eigenvalue weighted by Crippen LogP contribution is 2.33. The first-order valence-corrected chi connectivity index (χ1v) is 10.9. The normalized spacial score (nSPS) is 15.2. The van der Waals surface area contributed by atoms with Crippen LogP contribution in [0.5, 0.6) is 0 Å². The lowest BCUT2D eigenvalue weighted by molar-refractivity contribution is -0.137. The fourth-order valence-electron chi connectivity index (χ4n) is 4.22. The van der Waals surface area contributed by atoms with E-state index in [1.807, 2.05) is 30.3 Å². The maximum atomic E-state index is 12.9. The summed E-state index contributed by atoms with van der Waals surface area (Å²) in [6.07, 6.45) is -3.38. The highest BCUT2D eigenvalue weighted by atomic mass is 19.4.